The predicted molar refractivity (Wildman–Crippen MR) is 74.8 cm³/mol. The third-order valence-corrected chi connectivity index (χ3v) is 3.30. The Labute approximate surface area is 113 Å². The lowest BCUT2D eigenvalue weighted by molar-refractivity contribution is 0.0667. The quantitative estimate of drug-likeness (QED) is 0.817. The predicted octanol–water partition coefficient (Wildman–Crippen LogP) is 1.02. The van der Waals surface area contributed by atoms with E-state index in [1.54, 1.807) is 0 Å². The summed E-state index contributed by atoms with van der Waals surface area (Å²) in [5, 5.41) is 3.28. The number of hydrogen-bond donors (Lipinski definition) is 1. The summed E-state index contributed by atoms with van der Waals surface area (Å²) in [4.78, 5) is 11.4. The minimum Gasteiger partial charge on any atom is -0.378 e. The molecule has 100 valence electrons. The average molecular weight is 258 g/mol. The number of morpholine rings is 1. The van der Waals surface area contributed by atoms with E-state index in [1.807, 2.05) is 31.3 Å². The van der Waals surface area contributed by atoms with Crippen molar-refractivity contribution in [1.29, 1.82) is 0 Å². The SMILES string of the molecule is Cc1cccc(C2=CNC(N3CCOCC3)=NC2)n1. The monoisotopic (exact) mass is 258 g/mol. The van der Waals surface area contributed by atoms with Gasteiger partial charge in [0.2, 0.25) is 0 Å². The van der Waals surface area contributed by atoms with Crippen molar-refractivity contribution in [2.45, 2.75) is 6.92 Å². The third-order valence-electron chi connectivity index (χ3n) is 3.30. The van der Waals surface area contributed by atoms with Gasteiger partial charge in [0.1, 0.15) is 0 Å². The van der Waals surface area contributed by atoms with Gasteiger partial charge < -0.3 is 15.0 Å². The Morgan fingerprint density at radius 2 is 2.11 bits per heavy atom. The van der Waals surface area contributed by atoms with Gasteiger partial charge in [-0.2, -0.15) is 0 Å². The number of rotatable bonds is 1. The third kappa shape index (κ3) is 2.76. The molecule has 1 aromatic heterocycles. The standard InChI is InChI=1S/C14H18N4O/c1-11-3-2-4-13(17-11)12-9-15-14(16-10-12)18-5-7-19-8-6-18/h2-4,9H,5-8,10H2,1H3,(H,15,16). The van der Waals surface area contributed by atoms with Gasteiger partial charge in [-0.05, 0) is 19.1 Å². The largest absolute Gasteiger partial charge is 0.378 e. The second-order valence-electron chi connectivity index (χ2n) is 4.72. The molecule has 0 unspecified atom stereocenters. The molecule has 2 aliphatic heterocycles. The lowest BCUT2D eigenvalue weighted by Gasteiger charge is -2.31. The number of ether oxygens (including phenoxy) is 1. The number of nitrogens with zero attached hydrogens (tertiary/aromatic N) is 3. The number of aromatic nitrogens is 1. The van der Waals surface area contributed by atoms with Crippen LogP contribution in [0.5, 0.6) is 0 Å². The Kier molecular flexibility index (Phi) is 3.46. The van der Waals surface area contributed by atoms with E-state index in [9.17, 15) is 0 Å². The second kappa shape index (κ2) is 5.40. The van der Waals surface area contributed by atoms with Crippen molar-refractivity contribution >= 4 is 11.5 Å². The van der Waals surface area contributed by atoms with Crippen LogP contribution in [0.25, 0.3) is 5.57 Å². The van der Waals surface area contributed by atoms with Crippen LogP contribution in [0.4, 0.5) is 0 Å². The summed E-state index contributed by atoms with van der Waals surface area (Å²) in [6, 6.07) is 6.05. The van der Waals surface area contributed by atoms with Crippen molar-refractivity contribution in [3.63, 3.8) is 0 Å². The first-order valence-corrected chi connectivity index (χ1v) is 6.60. The first-order valence-electron chi connectivity index (χ1n) is 6.60. The average Bonchev–Trinajstić information content (AvgIpc) is 2.48. The molecule has 0 bridgehead atoms. The zero-order valence-electron chi connectivity index (χ0n) is 11.1. The molecule has 0 aliphatic carbocycles. The number of aryl methyl sites for hydroxylation is 1. The molecule has 5 nitrogen and oxygen atoms in total. The van der Waals surface area contributed by atoms with Crippen molar-refractivity contribution in [2.24, 2.45) is 4.99 Å². The minimum atomic E-state index is 0.677. The molecular weight excluding hydrogens is 240 g/mol. The first kappa shape index (κ1) is 12.2. The fourth-order valence-electron chi connectivity index (χ4n) is 2.25. The molecule has 2 aliphatic rings. The Bertz CT molecular complexity index is 518. The van der Waals surface area contributed by atoms with Crippen LogP contribution in [0.1, 0.15) is 11.4 Å². The molecule has 1 N–H and O–H groups in total. The number of hydrogen-bond acceptors (Lipinski definition) is 5. The van der Waals surface area contributed by atoms with Crippen LogP contribution in [0, 0.1) is 6.92 Å². The summed E-state index contributed by atoms with van der Waals surface area (Å²) >= 11 is 0. The van der Waals surface area contributed by atoms with Crippen LogP contribution in [0.2, 0.25) is 0 Å². The minimum absolute atomic E-state index is 0.677. The maximum Gasteiger partial charge on any atom is 0.198 e. The molecular formula is C14H18N4O. The Balaban J connectivity index is 1.68. The lowest BCUT2D eigenvalue weighted by Crippen LogP contribution is -2.46. The van der Waals surface area contributed by atoms with Gasteiger partial charge in [0.15, 0.2) is 5.96 Å². The first-order chi connectivity index (χ1) is 9.33. The maximum absolute atomic E-state index is 5.34. The molecule has 1 saturated heterocycles. The van der Waals surface area contributed by atoms with E-state index in [4.69, 9.17) is 4.74 Å². The van der Waals surface area contributed by atoms with Crippen LogP contribution in [0.15, 0.2) is 29.4 Å². The summed E-state index contributed by atoms with van der Waals surface area (Å²) < 4.78 is 5.34. The molecule has 3 heterocycles. The van der Waals surface area contributed by atoms with Crippen LogP contribution >= 0.6 is 0 Å². The molecule has 3 rings (SSSR count). The van der Waals surface area contributed by atoms with E-state index < -0.39 is 0 Å². The zero-order valence-corrected chi connectivity index (χ0v) is 11.1. The van der Waals surface area contributed by atoms with Gasteiger partial charge in [-0.1, -0.05) is 6.07 Å². The highest BCUT2D eigenvalue weighted by Gasteiger charge is 2.17. The van der Waals surface area contributed by atoms with E-state index in [0.717, 1.165) is 49.2 Å². The summed E-state index contributed by atoms with van der Waals surface area (Å²) in [5.41, 5.74) is 3.15. The summed E-state index contributed by atoms with van der Waals surface area (Å²) in [6.45, 7) is 6.03. The summed E-state index contributed by atoms with van der Waals surface area (Å²) in [5.74, 6) is 0.944. The van der Waals surface area contributed by atoms with Crippen LogP contribution in [0.3, 0.4) is 0 Å². The maximum atomic E-state index is 5.34. The number of pyridine rings is 1. The van der Waals surface area contributed by atoms with E-state index in [-0.39, 0.29) is 0 Å². The van der Waals surface area contributed by atoms with Gasteiger partial charge >= 0.3 is 0 Å². The van der Waals surface area contributed by atoms with Crippen LogP contribution < -0.4 is 5.32 Å². The topological polar surface area (TPSA) is 49.8 Å². The molecule has 0 amide bonds. The highest BCUT2D eigenvalue weighted by molar-refractivity contribution is 5.86. The Morgan fingerprint density at radius 3 is 2.79 bits per heavy atom. The van der Waals surface area contributed by atoms with Crippen molar-refractivity contribution in [3.8, 4) is 0 Å². The number of guanidine groups is 1. The van der Waals surface area contributed by atoms with Crippen molar-refractivity contribution in [3.05, 3.63) is 35.8 Å². The highest BCUT2D eigenvalue weighted by atomic mass is 16.5. The van der Waals surface area contributed by atoms with E-state index in [2.05, 4.69) is 20.2 Å². The molecule has 0 radical (unpaired) electrons. The van der Waals surface area contributed by atoms with Gasteiger partial charge in [0.05, 0.1) is 25.5 Å². The second-order valence-corrected chi connectivity index (χ2v) is 4.72. The Morgan fingerprint density at radius 1 is 1.26 bits per heavy atom. The molecule has 1 fully saturated rings. The highest BCUT2D eigenvalue weighted by Crippen LogP contribution is 2.15. The lowest BCUT2D eigenvalue weighted by atomic mass is 10.1. The van der Waals surface area contributed by atoms with Gasteiger partial charge in [-0.3, -0.25) is 4.98 Å². The Hall–Kier alpha value is -1.88. The van der Waals surface area contributed by atoms with Crippen LogP contribution in [-0.2, 0) is 4.74 Å². The number of nitrogens with one attached hydrogen (secondary N) is 1. The van der Waals surface area contributed by atoms with Crippen LogP contribution in [-0.4, -0.2) is 48.7 Å². The summed E-state index contributed by atoms with van der Waals surface area (Å²) in [7, 11) is 0. The van der Waals surface area contributed by atoms with E-state index in [0.29, 0.717) is 6.54 Å². The zero-order chi connectivity index (χ0) is 13.1. The van der Waals surface area contributed by atoms with Gasteiger partial charge in [0.25, 0.3) is 0 Å². The molecule has 0 atom stereocenters. The smallest absolute Gasteiger partial charge is 0.198 e. The molecule has 5 heteroatoms. The van der Waals surface area contributed by atoms with E-state index in [1.165, 1.54) is 0 Å². The molecule has 1 aromatic rings. The normalized spacial score (nSPS) is 19.5. The fourth-order valence-corrected chi connectivity index (χ4v) is 2.25. The summed E-state index contributed by atoms with van der Waals surface area (Å²) in [6.07, 6.45) is 2.01. The van der Waals surface area contributed by atoms with Gasteiger partial charge in [-0.25, -0.2) is 4.99 Å². The molecule has 0 saturated carbocycles. The molecule has 19 heavy (non-hydrogen) atoms. The van der Waals surface area contributed by atoms with Crippen molar-refractivity contribution in [1.82, 2.24) is 15.2 Å². The van der Waals surface area contributed by atoms with Crippen molar-refractivity contribution < 1.29 is 4.74 Å². The molecule has 0 aromatic carbocycles. The molecule has 0 spiro atoms. The van der Waals surface area contributed by atoms with Gasteiger partial charge in [0, 0.05) is 30.6 Å². The van der Waals surface area contributed by atoms with E-state index >= 15 is 0 Å². The number of aliphatic imine (C=N–C) groups is 1. The van der Waals surface area contributed by atoms with Crippen molar-refractivity contribution in [2.75, 3.05) is 32.8 Å². The fraction of sp³-hybridized carbons (Fsp3) is 0.429. The van der Waals surface area contributed by atoms with Gasteiger partial charge in [-0.15, -0.1) is 0 Å².